The van der Waals surface area contributed by atoms with Gasteiger partial charge in [-0.2, -0.15) is 0 Å². The zero-order valence-electron chi connectivity index (χ0n) is 13.5. The summed E-state index contributed by atoms with van der Waals surface area (Å²) < 4.78 is 0. The number of nitrogens with zero attached hydrogens (tertiary/aromatic N) is 1. The van der Waals surface area contributed by atoms with E-state index in [9.17, 15) is 0 Å². The molecule has 0 aliphatic rings. The topological polar surface area (TPSA) is 15.3 Å². The minimum absolute atomic E-state index is 0.547. The molecule has 2 nitrogen and oxygen atoms in total. The van der Waals surface area contributed by atoms with E-state index in [1.807, 2.05) is 12.1 Å². The van der Waals surface area contributed by atoms with Gasteiger partial charge < -0.3 is 5.32 Å². The van der Waals surface area contributed by atoms with Crippen molar-refractivity contribution in [2.75, 3.05) is 20.1 Å². The van der Waals surface area contributed by atoms with Crippen LogP contribution in [0.4, 0.5) is 0 Å². The van der Waals surface area contributed by atoms with Crippen LogP contribution in [0.1, 0.15) is 33.3 Å². The smallest absolute Gasteiger partial charge is 0.0406 e. The first-order valence-electron chi connectivity index (χ1n) is 7.55. The zero-order valence-corrected chi connectivity index (χ0v) is 14.2. The number of halogens is 1. The quantitative estimate of drug-likeness (QED) is 0.779. The van der Waals surface area contributed by atoms with Gasteiger partial charge in [0.1, 0.15) is 0 Å². The van der Waals surface area contributed by atoms with Crippen LogP contribution in [0, 0.1) is 11.8 Å². The Kier molecular flexibility index (Phi) is 7.57. The van der Waals surface area contributed by atoms with Gasteiger partial charge >= 0.3 is 0 Å². The maximum absolute atomic E-state index is 5.92. The molecule has 0 radical (unpaired) electrons. The standard InChI is InChI=1S/C17H29ClN2/c1-13(2)10-19-11-14(3)15(4)20(5)12-16-6-8-17(18)9-7-16/h6-9,13-15,19H,10-12H2,1-5H3. The van der Waals surface area contributed by atoms with Crippen LogP contribution >= 0.6 is 11.6 Å². The minimum atomic E-state index is 0.547. The second-order valence-corrected chi connectivity index (χ2v) is 6.75. The normalized spacial score (nSPS) is 14.8. The van der Waals surface area contributed by atoms with Crippen LogP contribution in [0.5, 0.6) is 0 Å². The maximum Gasteiger partial charge on any atom is 0.0406 e. The molecule has 0 saturated heterocycles. The molecule has 0 aliphatic carbocycles. The van der Waals surface area contributed by atoms with E-state index in [1.54, 1.807) is 0 Å². The summed E-state index contributed by atoms with van der Waals surface area (Å²) in [6, 6.07) is 8.68. The molecule has 1 rings (SSSR count). The summed E-state index contributed by atoms with van der Waals surface area (Å²) in [6.45, 7) is 12.2. The number of hydrogen-bond acceptors (Lipinski definition) is 2. The number of nitrogens with one attached hydrogen (secondary N) is 1. The highest BCUT2D eigenvalue weighted by molar-refractivity contribution is 6.30. The van der Waals surface area contributed by atoms with Crippen LogP contribution < -0.4 is 5.32 Å². The number of rotatable bonds is 8. The third-order valence-corrected chi connectivity index (χ3v) is 4.13. The largest absolute Gasteiger partial charge is 0.316 e. The van der Waals surface area contributed by atoms with Crippen molar-refractivity contribution < 1.29 is 0 Å². The Morgan fingerprint density at radius 2 is 1.65 bits per heavy atom. The van der Waals surface area contributed by atoms with E-state index in [-0.39, 0.29) is 0 Å². The van der Waals surface area contributed by atoms with Gasteiger partial charge in [0.25, 0.3) is 0 Å². The Morgan fingerprint density at radius 1 is 1.05 bits per heavy atom. The molecule has 114 valence electrons. The fourth-order valence-corrected chi connectivity index (χ4v) is 2.35. The first-order valence-corrected chi connectivity index (χ1v) is 7.93. The van der Waals surface area contributed by atoms with Gasteiger partial charge in [-0.3, -0.25) is 4.90 Å². The second kappa shape index (κ2) is 8.66. The van der Waals surface area contributed by atoms with E-state index in [4.69, 9.17) is 11.6 Å². The predicted molar refractivity (Wildman–Crippen MR) is 89.3 cm³/mol. The van der Waals surface area contributed by atoms with Crippen LogP contribution in [0.3, 0.4) is 0 Å². The Balaban J connectivity index is 2.41. The van der Waals surface area contributed by atoms with Gasteiger partial charge in [-0.15, -0.1) is 0 Å². The second-order valence-electron chi connectivity index (χ2n) is 6.31. The van der Waals surface area contributed by atoms with E-state index >= 15 is 0 Å². The molecule has 20 heavy (non-hydrogen) atoms. The van der Waals surface area contributed by atoms with Crippen LogP contribution in [0.25, 0.3) is 0 Å². The number of hydrogen-bond donors (Lipinski definition) is 1. The SMILES string of the molecule is CC(C)CNCC(C)C(C)N(C)Cc1ccc(Cl)cc1. The summed E-state index contributed by atoms with van der Waals surface area (Å²) in [7, 11) is 2.19. The van der Waals surface area contributed by atoms with Crippen molar-refractivity contribution in [3.05, 3.63) is 34.9 Å². The molecule has 2 atom stereocenters. The fourth-order valence-electron chi connectivity index (χ4n) is 2.23. The van der Waals surface area contributed by atoms with Crippen molar-refractivity contribution in [2.24, 2.45) is 11.8 Å². The predicted octanol–water partition coefficient (Wildman–Crippen LogP) is 4.04. The van der Waals surface area contributed by atoms with E-state index < -0.39 is 0 Å². The van der Waals surface area contributed by atoms with Crippen LogP contribution in [0.2, 0.25) is 5.02 Å². The molecule has 0 spiro atoms. The zero-order chi connectivity index (χ0) is 15.1. The average Bonchev–Trinajstić information content (AvgIpc) is 2.39. The van der Waals surface area contributed by atoms with Gasteiger partial charge in [-0.05, 0) is 56.6 Å². The van der Waals surface area contributed by atoms with Gasteiger partial charge in [-0.25, -0.2) is 0 Å². The Labute approximate surface area is 129 Å². The molecule has 1 aromatic rings. The van der Waals surface area contributed by atoms with E-state index in [1.165, 1.54) is 5.56 Å². The van der Waals surface area contributed by atoms with Crippen LogP contribution in [0.15, 0.2) is 24.3 Å². The summed E-state index contributed by atoms with van der Waals surface area (Å²) >= 11 is 5.92. The molecule has 2 unspecified atom stereocenters. The third-order valence-electron chi connectivity index (χ3n) is 3.88. The summed E-state index contributed by atoms with van der Waals surface area (Å²) in [5.74, 6) is 1.34. The first-order chi connectivity index (χ1) is 9.40. The van der Waals surface area contributed by atoms with Crippen molar-refractivity contribution in [2.45, 2.75) is 40.3 Å². The van der Waals surface area contributed by atoms with Gasteiger partial charge in [0.15, 0.2) is 0 Å². The molecule has 0 fully saturated rings. The van der Waals surface area contributed by atoms with Gasteiger partial charge in [0.05, 0.1) is 0 Å². The van der Waals surface area contributed by atoms with Gasteiger partial charge in [0.2, 0.25) is 0 Å². The van der Waals surface area contributed by atoms with Crippen LogP contribution in [-0.4, -0.2) is 31.1 Å². The molecule has 3 heteroatoms. The highest BCUT2D eigenvalue weighted by atomic mass is 35.5. The third kappa shape index (κ3) is 6.25. The molecule has 0 amide bonds. The Hall–Kier alpha value is -0.570. The van der Waals surface area contributed by atoms with E-state index in [0.717, 1.165) is 24.7 Å². The monoisotopic (exact) mass is 296 g/mol. The Bertz CT molecular complexity index is 375. The molecule has 0 aliphatic heterocycles. The average molecular weight is 297 g/mol. The minimum Gasteiger partial charge on any atom is -0.316 e. The highest BCUT2D eigenvalue weighted by Crippen LogP contribution is 2.15. The summed E-state index contributed by atoms with van der Waals surface area (Å²) in [6.07, 6.45) is 0. The lowest BCUT2D eigenvalue weighted by atomic mass is 10.0. The highest BCUT2D eigenvalue weighted by Gasteiger charge is 2.16. The molecule has 1 N–H and O–H groups in total. The molecule has 0 aromatic heterocycles. The van der Waals surface area contributed by atoms with E-state index in [2.05, 4.69) is 57.1 Å². The summed E-state index contributed by atoms with van der Waals surface area (Å²) in [4.78, 5) is 2.41. The molecule has 1 aromatic carbocycles. The lowest BCUT2D eigenvalue weighted by Crippen LogP contribution is -2.39. The first kappa shape index (κ1) is 17.5. The summed E-state index contributed by atoms with van der Waals surface area (Å²) in [5.41, 5.74) is 1.31. The van der Waals surface area contributed by atoms with Crippen molar-refractivity contribution in [1.29, 1.82) is 0 Å². The maximum atomic E-state index is 5.92. The van der Waals surface area contributed by atoms with Crippen molar-refractivity contribution in [3.8, 4) is 0 Å². The van der Waals surface area contributed by atoms with Crippen molar-refractivity contribution in [1.82, 2.24) is 10.2 Å². The lowest BCUT2D eigenvalue weighted by molar-refractivity contribution is 0.188. The van der Waals surface area contributed by atoms with Crippen LogP contribution in [-0.2, 0) is 6.54 Å². The van der Waals surface area contributed by atoms with Crippen molar-refractivity contribution >= 4 is 11.6 Å². The van der Waals surface area contributed by atoms with E-state index in [0.29, 0.717) is 17.9 Å². The molecular formula is C17H29ClN2. The lowest BCUT2D eigenvalue weighted by Gasteiger charge is -2.30. The fraction of sp³-hybridized carbons (Fsp3) is 0.647. The Morgan fingerprint density at radius 3 is 2.20 bits per heavy atom. The number of benzene rings is 1. The molecule has 0 heterocycles. The summed E-state index contributed by atoms with van der Waals surface area (Å²) in [5, 5.41) is 4.35. The molecule has 0 saturated carbocycles. The van der Waals surface area contributed by atoms with Crippen molar-refractivity contribution in [3.63, 3.8) is 0 Å². The van der Waals surface area contributed by atoms with Gasteiger partial charge in [-0.1, -0.05) is 44.5 Å². The molecule has 0 bridgehead atoms. The molecular weight excluding hydrogens is 268 g/mol. The van der Waals surface area contributed by atoms with Gasteiger partial charge in [0, 0.05) is 17.6 Å².